The summed E-state index contributed by atoms with van der Waals surface area (Å²) in [5.41, 5.74) is 1.93. The molecule has 1 fully saturated rings. The average Bonchev–Trinajstić information content (AvgIpc) is 2.63. The Hall–Kier alpha value is -1.49. The van der Waals surface area contributed by atoms with Gasteiger partial charge in [-0.15, -0.1) is 11.8 Å². The molecule has 0 saturated carbocycles. The Bertz CT molecular complexity index is 703. The maximum atomic E-state index is 12.4. The van der Waals surface area contributed by atoms with Crippen LogP contribution in [0.1, 0.15) is 29.3 Å². The molecule has 3 rings (SSSR count). The number of benzene rings is 2. The van der Waals surface area contributed by atoms with Crippen LogP contribution in [0.4, 0.5) is 0 Å². The predicted molar refractivity (Wildman–Crippen MR) is 105 cm³/mol. The van der Waals surface area contributed by atoms with Crippen LogP contribution in [0, 0.1) is 5.92 Å². The molecular weight excluding hydrogens is 352 g/mol. The predicted octanol–water partition coefficient (Wildman–Crippen LogP) is 4.36. The summed E-state index contributed by atoms with van der Waals surface area (Å²) in [6, 6.07) is 16.0. The quantitative estimate of drug-likeness (QED) is 0.764. The fraction of sp³-hybridized carbons (Fsp3) is 0.350. The van der Waals surface area contributed by atoms with Crippen LogP contribution in [0.15, 0.2) is 53.4 Å². The van der Waals surface area contributed by atoms with Crippen LogP contribution in [0.3, 0.4) is 0 Å². The number of nitrogens with one attached hydrogen (secondary N) is 2. The van der Waals surface area contributed by atoms with Crippen LogP contribution < -0.4 is 10.6 Å². The van der Waals surface area contributed by atoms with E-state index in [-0.39, 0.29) is 11.9 Å². The van der Waals surface area contributed by atoms with Gasteiger partial charge in [0.1, 0.15) is 0 Å². The first-order valence-corrected chi connectivity index (χ1v) is 9.97. The summed E-state index contributed by atoms with van der Waals surface area (Å²) in [7, 11) is 0. The van der Waals surface area contributed by atoms with E-state index in [0.29, 0.717) is 5.92 Å². The lowest BCUT2D eigenvalue weighted by Crippen LogP contribution is -2.48. The van der Waals surface area contributed by atoms with Crippen molar-refractivity contribution in [2.75, 3.05) is 13.1 Å². The van der Waals surface area contributed by atoms with E-state index in [9.17, 15) is 4.79 Å². The standard InChI is InChI=1S/C20H23ClN2OS/c1-14-12-22-11-10-19(14)23-20(24)16-4-2-15(3-5-16)13-25-18-8-6-17(21)7-9-18/h2-9,14,19,22H,10-13H2,1H3,(H,23,24). The van der Waals surface area contributed by atoms with Gasteiger partial charge in [-0.25, -0.2) is 0 Å². The summed E-state index contributed by atoms with van der Waals surface area (Å²) in [6.45, 7) is 4.11. The van der Waals surface area contributed by atoms with Crippen molar-refractivity contribution in [2.24, 2.45) is 5.92 Å². The molecule has 0 aliphatic carbocycles. The number of rotatable bonds is 5. The third-order valence-electron chi connectivity index (χ3n) is 4.54. The van der Waals surface area contributed by atoms with Gasteiger partial charge in [-0.05, 0) is 67.4 Å². The van der Waals surface area contributed by atoms with Crippen LogP contribution in [0.2, 0.25) is 5.02 Å². The smallest absolute Gasteiger partial charge is 0.251 e. The number of halogens is 1. The summed E-state index contributed by atoms with van der Waals surface area (Å²) in [6.07, 6.45) is 0.989. The largest absolute Gasteiger partial charge is 0.349 e. The molecule has 2 unspecified atom stereocenters. The molecule has 132 valence electrons. The molecule has 1 aliphatic rings. The number of thioether (sulfide) groups is 1. The molecular formula is C20H23ClN2OS. The van der Waals surface area contributed by atoms with Gasteiger partial charge in [0.2, 0.25) is 0 Å². The highest BCUT2D eigenvalue weighted by Gasteiger charge is 2.22. The van der Waals surface area contributed by atoms with Gasteiger partial charge in [-0.1, -0.05) is 30.7 Å². The van der Waals surface area contributed by atoms with Crippen molar-refractivity contribution in [1.82, 2.24) is 10.6 Å². The van der Waals surface area contributed by atoms with E-state index in [2.05, 4.69) is 17.6 Å². The van der Waals surface area contributed by atoms with Gasteiger partial charge in [0, 0.05) is 27.3 Å². The molecule has 1 heterocycles. The molecule has 0 radical (unpaired) electrons. The highest BCUT2D eigenvalue weighted by Crippen LogP contribution is 2.24. The fourth-order valence-corrected chi connectivity index (χ4v) is 3.91. The molecule has 1 aliphatic heterocycles. The molecule has 0 aromatic heterocycles. The molecule has 0 spiro atoms. The first-order chi connectivity index (χ1) is 12.1. The second kappa shape index (κ2) is 8.75. The second-order valence-electron chi connectivity index (χ2n) is 6.49. The van der Waals surface area contributed by atoms with E-state index in [4.69, 9.17) is 11.6 Å². The van der Waals surface area contributed by atoms with E-state index < -0.39 is 0 Å². The van der Waals surface area contributed by atoms with Gasteiger partial charge < -0.3 is 10.6 Å². The van der Waals surface area contributed by atoms with Crippen molar-refractivity contribution in [3.63, 3.8) is 0 Å². The molecule has 1 amide bonds. The van der Waals surface area contributed by atoms with Crippen LogP contribution in [0.25, 0.3) is 0 Å². The number of carbonyl (C=O) groups is 1. The van der Waals surface area contributed by atoms with Crippen LogP contribution in [-0.2, 0) is 5.75 Å². The number of amides is 1. The zero-order chi connectivity index (χ0) is 17.6. The average molecular weight is 375 g/mol. The maximum absolute atomic E-state index is 12.4. The first-order valence-electron chi connectivity index (χ1n) is 8.61. The summed E-state index contributed by atoms with van der Waals surface area (Å²) >= 11 is 7.66. The molecule has 2 N–H and O–H groups in total. The van der Waals surface area contributed by atoms with Gasteiger partial charge in [0.15, 0.2) is 0 Å². The Morgan fingerprint density at radius 3 is 2.60 bits per heavy atom. The summed E-state index contributed by atoms with van der Waals surface area (Å²) in [5, 5.41) is 7.28. The van der Waals surface area contributed by atoms with E-state index in [1.54, 1.807) is 11.8 Å². The van der Waals surface area contributed by atoms with E-state index in [1.807, 2.05) is 48.5 Å². The minimum Gasteiger partial charge on any atom is -0.349 e. The Morgan fingerprint density at radius 2 is 1.92 bits per heavy atom. The molecule has 25 heavy (non-hydrogen) atoms. The zero-order valence-electron chi connectivity index (χ0n) is 14.3. The van der Waals surface area contributed by atoms with Crippen molar-refractivity contribution >= 4 is 29.3 Å². The van der Waals surface area contributed by atoms with Crippen LogP contribution >= 0.6 is 23.4 Å². The molecule has 2 aromatic rings. The lowest BCUT2D eigenvalue weighted by atomic mass is 9.95. The van der Waals surface area contributed by atoms with Crippen molar-refractivity contribution in [3.8, 4) is 0 Å². The van der Waals surface area contributed by atoms with E-state index in [0.717, 1.165) is 35.8 Å². The SMILES string of the molecule is CC1CNCCC1NC(=O)c1ccc(CSc2ccc(Cl)cc2)cc1. The second-order valence-corrected chi connectivity index (χ2v) is 7.97. The van der Waals surface area contributed by atoms with Crippen LogP contribution in [0.5, 0.6) is 0 Å². The third-order valence-corrected chi connectivity index (χ3v) is 5.87. The van der Waals surface area contributed by atoms with Gasteiger partial charge in [-0.3, -0.25) is 4.79 Å². The van der Waals surface area contributed by atoms with Crippen molar-refractivity contribution in [1.29, 1.82) is 0 Å². The van der Waals surface area contributed by atoms with Gasteiger partial charge in [0.05, 0.1) is 0 Å². The molecule has 0 bridgehead atoms. The number of piperidine rings is 1. The van der Waals surface area contributed by atoms with Gasteiger partial charge >= 0.3 is 0 Å². The number of carbonyl (C=O) groups excluding carboxylic acids is 1. The minimum atomic E-state index is 0.0238. The molecule has 2 aromatic carbocycles. The highest BCUT2D eigenvalue weighted by molar-refractivity contribution is 7.98. The Morgan fingerprint density at radius 1 is 1.20 bits per heavy atom. The topological polar surface area (TPSA) is 41.1 Å². The van der Waals surface area contributed by atoms with E-state index >= 15 is 0 Å². The molecule has 2 atom stereocenters. The van der Waals surface area contributed by atoms with E-state index in [1.165, 1.54) is 10.5 Å². The lowest BCUT2D eigenvalue weighted by Gasteiger charge is -2.30. The normalized spacial score (nSPS) is 20.2. The number of hydrogen-bond acceptors (Lipinski definition) is 3. The Labute approximate surface area is 158 Å². The monoisotopic (exact) mass is 374 g/mol. The Kier molecular flexibility index (Phi) is 6.40. The zero-order valence-corrected chi connectivity index (χ0v) is 15.9. The Balaban J connectivity index is 1.54. The molecule has 3 nitrogen and oxygen atoms in total. The van der Waals surface area contributed by atoms with Crippen molar-refractivity contribution in [3.05, 3.63) is 64.7 Å². The van der Waals surface area contributed by atoms with Crippen molar-refractivity contribution in [2.45, 2.75) is 30.0 Å². The van der Waals surface area contributed by atoms with Crippen molar-refractivity contribution < 1.29 is 4.79 Å². The summed E-state index contributed by atoms with van der Waals surface area (Å²) in [4.78, 5) is 13.6. The van der Waals surface area contributed by atoms with Gasteiger partial charge in [-0.2, -0.15) is 0 Å². The first kappa shape index (κ1) is 18.3. The highest BCUT2D eigenvalue weighted by atomic mass is 35.5. The fourth-order valence-electron chi connectivity index (χ4n) is 2.93. The lowest BCUT2D eigenvalue weighted by molar-refractivity contribution is 0.0914. The maximum Gasteiger partial charge on any atom is 0.251 e. The molecule has 5 heteroatoms. The molecule has 1 saturated heterocycles. The van der Waals surface area contributed by atoms with Gasteiger partial charge in [0.25, 0.3) is 5.91 Å². The number of hydrogen-bond donors (Lipinski definition) is 2. The third kappa shape index (κ3) is 5.24. The van der Waals surface area contributed by atoms with Crippen LogP contribution in [-0.4, -0.2) is 25.0 Å². The summed E-state index contributed by atoms with van der Waals surface area (Å²) < 4.78 is 0. The minimum absolute atomic E-state index is 0.0238. The summed E-state index contributed by atoms with van der Waals surface area (Å²) in [5.74, 6) is 1.36.